The van der Waals surface area contributed by atoms with E-state index >= 15 is 0 Å². The summed E-state index contributed by atoms with van der Waals surface area (Å²) < 4.78 is 25.3. The molecule has 1 rings (SSSR count). The van der Waals surface area contributed by atoms with Crippen molar-refractivity contribution in [3.05, 3.63) is 35.6 Å². The summed E-state index contributed by atoms with van der Waals surface area (Å²) in [7, 11) is 0. The predicted molar refractivity (Wildman–Crippen MR) is 40.9 cm³/mol. The van der Waals surface area contributed by atoms with Crippen LogP contribution in [0, 0.1) is 5.82 Å². The molecule has 1 nitrogen and oxygen atoms in total. The van der Waals surface area contributed by atoms with E-state index in [1.165, 1.54) is 12.1 Å². The van der Waals surface area contributed by atoms with E-state index in [1.54, 1.807) is 0 Å². The molecule has 3 heteroatoms. The number of Topliss-reactive ketones (excluding diaryl/α,β-unsaturated/α-hetero) is 1. The summed E-state index contributed by atoms with van der Waals surface area (Å²) in [6, 6.07) is 4.79. The molecule has 0 aliphatic rings. The molecule has 0 heterocycles. The highest BCUT2D eigenvalue weighted by Gasteiger charge is 2.14. The SMILES string of the molecule is CC(=O)C(F)c1ccc(F)cc1. The lowest BCUT2D eigenvalue weighted by Gasteiger charge is -2.02. The lowest BCUT2D eigenvalue weighted by atomic mass is 10.1. The first-order valence-corrected chi connectivity index (χ1v) is 3.51. The standard InChI is InChI=1S/C9H8F2O/c1-6(12)9(11)7-2-4-8(10)5-3-7/h2-5,9H,1H3. The number of hydrogen-bond acceptors (Lipinski definition) is 1. The Bertz CT molecular complexity index is 279. The van der Waals surface area contributed by atoms with Crippen LogP contribution in [0.25, 0.3) is 0 Å². The third-order valence-corrected chi connectivity index (χ3v) is 1.52. The Morgan fingerprint density at radius 3 is 2.25 bits per heavy atom. The van der Waals surface area contributed by atoms with E-state index in [9.17, 15) is 13.6 Å². The average molecular weight is 170 g/mol. The van der Waals surface area contributed by atoms with Crippen LogP contribution in [-0.2, 0) is 4.79 Å². The largest absolute Gasteiger partial charge is 0.296 e. The molecule has 0 aromatic heterocycles. The second kappa shape index (κ2) is 3.43. The molecule has 12 heavy (non-hydrogen) atoms. The summed E-state index contributed by atoms with van der Waals surface area (Å²) in [6.07, 6.45) is -1.63. The molecule has 64 valence electrons. The van der Waals surface area contributed by atoms with Crippen LogP contribution in [0.15, 0.2) is 24.3 Å². The van der Waals surface area contributed by atoms with Gasteiger partial charge >= 0.3 is 0 Å². The summed E-state index contributed by atoms with van der Waals surface area (Å²) in [5.41, 5.74) is 0.198. The van der Waals surface area contributed by atoms with Gasteiger partial charge in [-0.1, -0.05) is 12.1 Å². The van der Waals surface area contributed by atoms with Crippen molar-refractivity contribution in [2.75, 3.05) is 0 Å². The molecular formula is C9H8F2O. The molecule has 0 fully saturated rings. The van der Waals surface area contributed by atoms with Crippen LogP contribution < -0.4 is 0 Å². The van der Waals surface area contributed by atoms with Crippen molar-refractivity contribution in [1.29, 1.82) is 0 Å². The average Bonchev–Trinajstić information content (AvgIpc) is 2.04. The Balaban J connectivity index is 2.89. The van der Waals surface area contributed by atoms with E-state index in [0.717, 1.165) is 19.1 Å². The summed E-state index contributed by atoms with van der Waals surface area (Å²) in [4.78, 5) is 10.6. The van der Waals surface area contributed by atoms with Gasteiger partial charge in [0.2, 0.25) is 0 Å². The number of rotatable bonds is 2. The minimum Gasteiger partial charge on any atom is -0.296 e. The van der Waals surface area contributed by atoms with Gasteiger partial charge in [-0.05, 0) is 24.6 Å². The number of ketones is 1. The fraction of sp³-hybridized carbons (Fsp3) is 0.222. The zero-order valence-corrected chi connectivity index (χ0v) is 6.55. The zero-order chi connectivity index (χ0) is 9.14. The molecule has 1 aromatic carbocycles. The minimum absolute atomic E-state index is 0.198. The highest BCUT2D eigenvalue weighted by Crippen LogP contribution is 2.17. The second-order valence-electron chi connectivity index (χ2n) is 2.52. The number of carbonyl (C=O) groups is 1. The lowest BCUT2D eigenvalue weighted by Crippen LogP contribution is -2.02. The van der Waals surface area contributed by atoms with Crippen molar-refractivity contribution < 1.29 is 13.6 Å². The van der Waals surface area contributed by atoms with Crippen molar-refractivity contribution in [3.8, 4) is 0 Å². The van der Waals surface area contributed by atoms with E-state index in [1.807, 2.05) is 0 Å². The van der Waals surface area contributed by atoms with E-state index in [2.05, 4.69) is 0 Å². The van der Waals surface area contributed by atoms with Gasteiger partial charge in [0, 0.05) is 0 Å². The molecule has 1 atom stereocenters. The molecule has 1 unspecified atom stereocenters. The maximum Gasteiger partial charge on any atom is 0.183 e. The van der Waals surface area contributed by atoms with Crippen LogP contribution in [-0.4, -0.2) is 5.78 Å². The monoisotopic (exact) mass is 170 g/mol. The van der Waals surface area contributed by atoms with Gasteiger partial charge in [-0.15, -0.1) is 0 Å². The molecule has 1 aromatic rings. The fourth-order valence-electron chi connectivity index (χ4n) is 0.866. The van der Waals surface area contributed by atoms with Crippen molar-refractivity contribution in [2.24, 2.45) is 0 Å². The van der Waals surface area contributed by atoms with Crippen LogP contribution >= 0.6 is 0 Å². The lowest BCUT2D eigenvalue weighted by molar-refractivity contribution is -0.121. The quantitative estimate of drug-likeness (QED) is 0.666. The van der Waals surface area contributed by atoms with Crippen LogP contribution in [0.5, 0.6) is 0 Å². The Morgan fingerprint density at radius 2 is 1.83 bits per heavy atom. The number of benzene rings is 1. The smallest absolute Gasteiger partial charge is 0.183 e. The second-order valence-corrected chi connectivity index (χ2v) is 2.52. The highest BCUT2D eigenvalue weighted by molar-refractivity contribution is 5.81. The maximum absolute atomic E-state index is 12.9. The van der Waals surface area contributed by atoms with Gasteiger partial charge in [-0.3, -0.25) is 4.79 Å². The highest BCUT2D eigenvalue weighted by atomic mass is 19.1. The summed E-state index contributed by atoms with van der Waals surface area (Å²) in [6.45, 7) is 1.16. The molecule has 0 aliphatic heterocycles. The third-order valence-electron chi connectivity index (χ3n) is 1.52. The fourth-order valence-corrected chi connectivity index (χ4v) is 0.866. The predicted octanol–water partition coefficient (Wildman–Crippen LogP) is 2.43. The van der Waals surface area contributed by atoms with Crippen molar-refractivity contribution >= 4 is 5.78 Å². The van der Waals surface area contributed by atoms with Gasteiger partial charge in [0.25, 0.3) is 0 Å². The summed E-state index contributed by atoms with van der Waals surface area (Å²) in [5.74, 6) is -1.00. The number of hydrogen-bond donors (Lipinski definition) is 0. The normalized spacial score (nSPS) is 12.6. The molecule has 0 amide bonds. The van der Waals surface area contributed by atoms with Gasteiger partial charge in [-0.25, -0.2) is 8.78 Å². The molecule has 0 aliphatic carbocycles. The van der Waals surface area contributed by atoms with Crippen molar-refractivity contribution in [2.45, 2.75) is 13.1 Å². The van der Waals surface area contributed by atoms with Gasteiger partial charge < -0.3 is 0 Å². The molecule has 0 radical (unpaired) electrons. The molecule has 0 saturated heterocycles. The van der Waals surface area contributed by atoms with E-state index < -0.39 is 17.8 Å². The third kappa shape index (κ3) is 1.87. The van der Waals surface area contributed by atoms with Gasteiger partial charge in [0.15, 0.2) is 12.0 Å². The van der Waals surface area contributed by atoms with E-state index in [4.69, 9.17) is 0 Å². The Kier molecular flexibility index (Phi) is 2.53. The van der Waals surface area contributed by atoms with Gasteiger partial charge in [-0.2, -0.15) is 0 Å². The number of alkyl halides is 1. The van der Waals surface area contributed by atoms with Crippen LogP contribution in [0.3, 0.4) is 0 Å². The first-order chi connectivity index (χ1) is 5.61. The zero-order valence-electron chi connectivity index (χ0n) is 6.55. The van der Waals surface area contributed by atoms with Gasteiger partial charge in [0.1, 0.15) is 5.82 Å². The van der Waals surface area contributed by atoms with Crippen molar-refractivity contribution in [1.82, 2.24) is 0 Å². The first kappa shape index (κ1) is 8.84. The van der Waals surface area contributed by atoms with Crippen LogP contribution in [0.4, 0.5) is 8.78 Å². The Morgan fingerprint density at radius 1 is 1.33 bits per heavy atom. The Labute approximate surface area is 69.0 Å². The van der Waals surface area contributed by atoms with Crippen molar-refractivity contribution in [3.63, 3.8) is 0 Å². The Hall–Kier alpha value is -1.25. The number of halogens is 2. The van der Waals surface area contributed by atoms with E-state index in [-0.39, 0.29) is 5.56 Å². The van der Waals surface area contributed by atoms with Gasteiger partial charge in [0.05, 0.1) is 0 Å². The molecule has 0 N–H and O–H groups in total. The molecule has 0 saturated carbocycles. The molecule has 0 bridgehead atoms. The topological polar surface area (TPSA) is 17.1 Å². The molecular weight excluding hydrogens is 162 g/mol. The first-order valence-electron chi connectivity index (χ1n) is 3.51. The maximum atomic E-state index is 12.9. The van der Waals surface area contributed by atoms with Crippen LogP contribution in [0.1, 0.15) is 18.7 Å². The summed E-state index contributed by atoms with van der Waals surface area (Å²) in [5, 5.41) is 0. The summed E-state index contributed by atoms with van der Waals surface area (Å²) >= 11 is 0. The number of carbonyl (C=O) groups excluding carboxylic acids is 1. The minimum atomic E-state index is -1.63. The molecule has 0 spiro atoms. The van der Waals surface area contributed by atoms with Crippen LogP contribution in [0.2, 0.25) is 0 Å². The van der Waals surface area contributed by atoms with E-state index in [0.29, 0.717) is 0 Å².